The Morgan fingerprint density at radius 1 is 1.32 bits per heavy atom. The Hall–Kier alpha value is -2.14. The van der Waals surface area contributed by atoms with Gasteiger partial charge < -0.3 is 14.2 Å². The topological polar surface area (TPSA) is 55.6 Å². The number of para-hydroxylation sites is 1. The van der Waals surface area contributed by atoms with Crippen LogP contribution in [0.5, 0.6) is 0 Å². The maximum Gasteiger partial charge on any atom is 0.280 e. The Bertz CT molecular complexity index is 630. The summed E-state index contributed by atoms with van der Waals surface area (Å²) in [7, 11) is 0. The summed E-state index contributed by atoms with van der Waals surface area (Å²) in [6.45, 7) is 5.25. The molecule has 1 aliphatic rings. The average molecular weight is 300 g/mol. The van der Waals surface area contributed by atoms with E-state index in [1.54, 1.807) is 11.0 Å². The molecule has 22 heavy (non-hydrogen) atoms. The maximum atomic E-state index is 12.9. The molecule has 1 aromatic heterocycles. The summed E-state index contributed by atoms with van der Waals surface area (Å²) in [4.78, 5) is 14.7. The molecular weight excluding hydrogens is 280 g/mol. The molecule has 0 saturated carbocycles. The summed E-state index contributed by atoms with van der Waals surface area (Å²) in [6, 6.07) is 11.4. The minimum absolute atomic E-state index is 0.0362. The standard InChI is InChI=1S/C17H20N2O3/c1-12(2)16-10-15(18-22-16)17(20)19(14-8-9-21-11-14)13-6-4-3-5-7-13/h3-7,10,12,14H,8-9,11H2,1-2H3. The van der Waals surface area contributed by atoms with Gasteiger partial charge in [-0.05, 0) is 18.6 Å². The summed E-state index contributed by atoms with van der Waals surface area (Å²) >= 11 is 0. The van der Waals surface area contributed by atoms with Crippen LogP contribution in [-0.2, 0) is 4.74 Å². The Labute approximate surface area is 129 Å². The van der Waals surface area contributed by atoms with E-state index in [9.17, 15) is 4.79 Å². The highest BCUT2D eigenvalue weighted by Crippen LogP contribution is 2.25. The lowest BCUT2D eigenvalue weighted by molar-refractivity contribution is 0.0962. The van der Waals surface area contributed by atoms with Gasteiger partial charge in [0.25, 0.3) is 5.91 Å². The molecule has 0 aliphatic carbocycles. The number of aromatic nitrogens is 1. The second kappa shape index (κ2) is 6.32. The first-order valence-electron chi connectivity index (χ1n) is 7.60. The predicted molar refractivity (Wildman–Crippen MR) is 83.1 cm³/mol. The molecule has 0 radical (unpaired) electrons. The number of benzene rings is 1. The van der Waals surface area contributed by atoms with E-state index in [-0.39, 0.29) is 17.9 Å². The van der Waals surface area contributed by atoms with E-state index in [1.807, 2.05) is 44.2 Å². The molecule has 3 rings (SSSR count). The van der Waals surface area contributed by atoms with Gasteiger partial charge in [-0.25, -0.2) is 0 Å². The Morgan fingerprint density at radius 3 is 2.68 bits per heavy atom. The summed E-state index contributed by atoms with van der Waals surface area (Å²) in [6.07, 6.45) is 0.829. The molecule has 116 valence electrons. The van der Waals surface area contributed by atoms with Crippen LogP contribution in [0.1, 0.15) is 42.4 Å². The van der Waals surface area contributed by atoms with E-state index >= 15 is 0 Å². The van der Waals surface area contributed by atoms with Gasteiger partial charge in [-0.2, -0.15) is 0 Å². The molecule has 2 heterocycles. The molecule has 1 atom stereocenters. The Morgan fingerprint density at radius 2 is 2.09 bits per heavy atom. The van der Waals surface area contributed by atoms with Crippen LogP contribution in [0.15, 0.2) is 40.9 Å². The highest BCUT2D eigenvalue weighted by atomic mass is 16.5. The van der Waals surface area contributed by atoms with Crippen LogP contribution < -0.4 is 4.90 Å². The number of nitrogens with zero attached hydrogens (tertiary/aromatic N) is 2. The number of anilines is 1. The van der Waals surface area contributed by atoms with Gasteiger partial charge in [0.1, 0.15) is 5.76 Å². The third-order valence-electron chi connectivity index (χ3n) is 3.84. The quantitative estimate of drug-likeness (QED) is 0.870. The van der Waals surface area contributed by atoms with Crippen molar-refractivity contribution in [1.29, 1.82) is 0 Å². The molecule has 1 fully saturated rings. The van der Waals surface area contributed by atoms with Crippen molar-refractivity contribution in [1.82, 2.24) is 5.16 Å². The number of hydrogen-bond acceptors (Lipinski definition) is 4. The molecule has 0 N–H and O–H groups in total. The second-order valence-electron chi connectivity index (χ2n) is 5.80. The van der Waals surface area contributed by atoms with Gasteiger partial charge in [-0.3, -0.25) is 4.79 Å². The summed E-state index contributed by atoms with van der Waals surface area (Å²) in [5, 5.41) is 3.95. The molecule has 2 aromatic rings. The SMILES string of the molecule is CC(C)c1cc(C(=O)N(c2ccccc2)C2CCOC2)no1. The molecule has 0 bridgehead atoms. The fraction of sp³-hybridized carbons (Fsp3) is 0.412. The molecule has 5 heteroatoms. The van der Waals surface area contributed by atoms with Crippen molar-refractivity contribution in [2.45, 2.75) is 32.2 Å². The van der Waals surface area contributed by atoms with Gasteiger partial charge in [-0.15, -0.1) is 0 Å². The molecule has 1 aliphatic heterocycles. The Kier molecular flexibility index (Phi) is 4.24. The number of rotatable bonds is 4. The highest BCUT2D eigenvalue weighted by Gasteiger charge is 2.31. The molecule has 5 nitrogen and oxygen atoms in total. The number of hydrogen-bond donors (Lipinski definition) is 0. The minimum Gasteiger partial charge on any atom is -0.379 e. The van der Waals surface area contributed by atoms with Crippen LogP contribution in [0, 0.1) is 0 Å². The van der Waals surface area contributed by atoms with Gasteiger partial charge in [0, 0.05) is 24.3 Å². The largest absolute Gasteiger partial charge is 0.379 e. The van der Waals surface area contributed by atoms with Crippen LogP contribution in [0.4, 0.5) is 5.69 Å². The van der Waals surface area contributed by atoms with Crippen molar-refractivity contribution in [3.63, 3.8) is 0 Å². The normalized spacial score (nSPS) is 17.9. The lowest BCUT2D eigenvalue weighted by atomic mass is 10.1. The molecule has 1 unspecified atom stereocenters. The zero-order valence-corrected chi connectivity index (χ0v) is 12.9. The van der Waals surface area contributed by atoms with E-state index in [2.05, 4.69) is 5.16 Å². The van der Waals surface area contributed by atoms with Gasteiger partial charge in [0.2, 0.25) is 0 Å². The van der Waals surface area contributed by atoms with Gasteiger partial charge in [-0.1, -0.05) is 37.2 Å². The number of carbonyl (C=O) groups excluding carboxylic acids is 1. The monoisotopic (exact) mass is 300 g/mol. The average Bonchev–Trinajstić information content (AvgIpc) is 3.20. The number of ether oxygens (including phenoxy) is 1. The van der Waals surface area contributed by atoms with E-state index in [0.717, 1.165) is 17.9 Å². The van der Waals surface area contributed by atoms with Crippen LogP contribution in [0.2, 0.25) is 0 Å². The predicted octanol–water partition coefficient (Wildman–Crippen LogP) is 3.23. The lowest BCUT2D eigenvalue weighted by Crippen LogP contribution is -2.41. The van der Waals surface area contributed by atoms with Gasteiger partial charge in [0.15, 0.2) is 5.69 Å². The van der Waals surface area contributed by atoms with Crippen LogP contribution in [-0.4, -0.2) is 30.3 Å². The van der Waals surface area contributed by atoms with Crippen molar-refractivity contribution in [3.8, 4) is 0 Å². The summed E-state index contributed by atoms with van der Waals surface area (Å²) in [5.41, 5.74) is 1.21. The van der Waals surface area contributed by atoms with Crippen LogP contribution >= 0.6 is 0 Å². The zero-order valence-electron chi connectivity index (χ0n) is 12.9. The fourth-order valence-electron chi connectivity index (χ4n) is 2.59. The van der Waals surface area contributed by atoms with Crippen molar-refractivity contribution < 1.29 is 14.1 Å². The first kappa shape index (κ1) is 14.8. The zero-order chi connectivity index (χ0) is 15.5. The van der Waals surface area contributed by atoms with E-state index < -0.39 is 0 Å². The van der Waals surface area contributed by atoms with E-state index in [0.29, 0.717) is 18.9 Å². The van der Waals surface area contributed by atoms with Crippen molar-refractivity contribution >= 4 is 11.6 Å². The first-order valence-corrected chi connectivity index (χ1v) is 7.60. The second-order valence-corrected chi connectivity index (χ2v) is 5.80. The summed E-state index contributed by atoms with van der Waals surface area (Å²) < 4.78 is 10.7. The first-order chi connectivity index (χ1) is 10.7. The Balaban J connectivity index is 1.92. The minimum atomic E-state index is -0.141. The smallest absolute Gasteiger partial charge is 0.280 e. The van der Waals surface area contributed by atoms with Crippen molar-refractivity contribution in [2.24, 2.45) is 0 Å². The third kappa shape index (κ3) is 2.90. The number of carbonyl (C=O) groups is 1. The van der Waals surface area contributed by atoms with Gasteiger partial charge in [0.05, 0.1) is 12.6 Å². The lowest BCUT2D eigenvalue weighted by Gasteiger charge is -2.27. The van der Waals surface area contributed by atoms with Crippen LogP contribution in [0.25, 0.3) is 0 Å². The fourth-order valence-corrected chi connectivity index (χ4v) is 2.59. The maximum absolute atomic E-state index is 12.9. The molecule has 1 aromatic carbocycles. The van der Waals surface area contributed by atoms with Crippen molar-refractivity contribution in [2.75, 3.05) is 18.1 Å². The number of amides is 1. The highest BCUT2D eigenvalue weighted by molar-refractivity contribution is 6.05. The van der Waals surface area contributed by atoms with E-state index in [1.165, 1.54) is 0 Å². The molecule has 1 amide bonds. The van der Waals surface area contributed by atoms with Gasteiger partial charge >= 0.3 is 0 Å². The van der Waals surface area contributed by atoms with Crippen molar-refractivity contribution in [3.05, 3.63) is 47.9 Å². The third-order valence-corrected chi connectivity index (χ3v) is 3.84. The van der Waals surface area contributed by atoms with E-state index in [4.69, 9.17) is 9.26 Å². The molecular formula is C17H20N2O3. The molecule has 0 spiro atoms. The summed E-state index contributed by atoms with van der Waals surface area (Å²) in [5.74, 6) is 0.783. The molecule has 1 saturated heterocycles. The van der Waals surface area contributed by atoms with Crippen LogP contribution in [0.3, 0.4) is 0 Å².